The fourth-order valence-corrected chi connectivity index (χ4v) is 3.78. The van der Waals surface area contributed by atoms with Gasteiger partial charge in [-0.05, 0) is 56.3 Å². The summed E-state index contributed by atoms with van der Waals surface area (Å²) in [6.07, 6.45) is 6.69. The third kappa shape index (κ3) is 3.08. The molecule has 2 N–H and O–H groups in total. The maximum absolute atomic E-state index is 12.6. The van der Waals surface area contributed by atoms with Crippen molar-refractivity contribution >= 4 is 5.91 Å². The SMILES string of the molecule is O=C(NC1CCCc2ccccc21)c1coc(C2CCNCC2)n1. The predicted octanol–water partition coefficient (Wildman–Crippen LogP) is 2.95. The zero-order valence-electron chi connectivity index (χ0n) is 13.8. The molecule has 0 radical (unpaired) electrons. The smallest absolute Gasteiger partial charge is 0.273 e. The number of carbonyl (C=O) groups excluding carboxylic acids is 1. The number of piperidine rings is 1. The third-order valence-electron chi connectivity index (χ3n) is 5.12. The summed E-state index contributed by atoms with van der Waals surface area (Å²) in [6, 6.07) is 8.43. The fourth-order valence-electron chi connectivity index (χ4n) is 3.78. The number of nitrogens with one attached hydrogen (secondary N) is 2. The minimum absolute atomic E-state index is 0.0708. The number of carbonyl (C=O) groups is 1. The van der Waals surface area contributed by atoms with E-state index in [1.165, 1.54) is 17.4 Å². The quantitative estimate of drug-likeness (QED) is 0.910. The van der Waals surface area contributed by atoms with E-state index in [9.17, 15) is 4.79 Å². The molecule has 0 saturated carbocycles. The van der Waals surface area contributed by atoms with Gasteiger partial charge in [0.15, 0.2) is 11.6 Å². The van der Waals surface area contributed by atoms with Gasteiger partial charge in [-0.25, -0.2) is 4.98 Å². The van der Waals surface area contributed by atoms with Gasteiger partial charge in [-0.15, -0.1) is 0 Å². The van der Waals surface area contributed by atoms with E-state index in [4.69, 9.17) is 4.42 Å². The Morgan fingerprint density at radius 3 is 2.92 bits per heavy atom. The van der Waals surface area contributed by atoms with Crippen LogP contribution < -0.4 is 10.6 Å². The highest BCUT2D eigenvalue weighted by Crippen LogP contribution is 2.30. The Hall–Kier alpha value is -2.14. The second kappa shape index (κ2) is 6.77. The highest BCUT2D eigenvalue weighted by Gasteiger charge is 2.25. The van der Waals surface area contributed by atoms with Crippen molar-refractivity contribution in [2.75, 3.05) is 13.1 Å². The molecule has 0 spiro atoms. The van der Waals surface area contributed by atoms with Crippen molar-refractivity contribution in [3.05, 3.63) is 53.2 Å². The van der Waals surface area contributed by atoms with Crippen LogP contribution >= 0.6 is 0 Å². The van der Waals surface area contributed by atoms with Gasteiger partial charge < -0.3 is 15.1 Å². The first-order valence-corrected chi connectivity index (χ1v) is 8.86. The predicted molar refractivity (Wildman–Crippen MR) is 90.9 cm³/mol. The van der Waals surface area contributed by atoms with E-state index in [1.807, 2.05) is 6.07 Å². The summed E-state index contributed by atoms with van der Waals surface area (Å²) in [5.74, 6) is 0.884. The van der Waals surface area contributed by atoms with Crippen molar-refractivity contribution < 1.29 is 9.21 Å². The van der Waals surface area contributed by atoms with E-state index in [-0.39, 0.29) is 11.9 Å². The van der Waals surface area contributed by atoms with Crippen molar-refractivity contribution in [3.63, 3.8) is 0 Å². The Kier molecular flexibility index (Phi) is 4.34. The van der Waals surface area contributed by atoms with Crippen LogP contribution in [0.3, 0.4) is 0 Å². The molecule has 1 atom stereocenters. The molecule has 5 nitrogen and oxygen atoms in total. The van der Waals surface area contributed by atoms with E-state index in [1.54, 1.807) is 0 Å². The summed E-state index contributed by atoms with van der Waals surface area (Å²) >= 11 is 0. The van der Waals surface area contributed by atoms with Crippen molar-refractivity contribution in [2.45, 2.75) is 44.1 Å². The van der Waals surface area contributed by atoms with Gasteiger partial charge in [0.1, 0.15) is 6.26 Å². The van der Waals surface area contributed by atoms with E-state index < -0.39 is 0 Å². The average Bonchev–Trinajstić information content (AvgIpc) is 3.13. The second-order valence-electron chi connectivity index (χ2n) is 6.71. The van der Waals surface area contributed by atoms with Gasteiger partial charge in [-0.2, -0.15) is 0 Å². The van der Waals surface area contributed by atoms with Crippen LogP contribution in [0.25, 0.3) is 0 Å². The van der Waals surface area contributed by atoms with Crippen LogP contribution in [0.2, 0.25) is 0 Å². The maximum atomic E-state index is 12.6. The number of aromatic nitrogens is 1. The number of fused-ring (bicyclic) bond motifs is 1. The van der Waals surface area contributed by atoms with E-state index in [0.29, 0.717) is 17.5 Å². The van der Waals surface area contributed by atoms with Crippen LogP contribution in [0.5, 0.6) is 0 Å². The van der Waals surface area contributed by atoms with Crippen molar-refractivity contribution in [1.82, 2.24) is 15.6 Å². The van der Waals surface area contributed by atoms with Crippen LogP contribution in [0.4, 0.5) is 0 Å². The van der Waals surface area contributed by atoms with Gasteiger partial charge in [-0.1, -0.05) is 24.3 Å². The number of benzene rings is 1. The molecule has 1 amide bonds. The van der Waals surface area contributed by atoms with Gasteiger partial charge in [-0.3, -0.25) is 4.79 Å². The number of aryl methyl sites for hydroxylation is 1. The first kappa shape index (κ1) is 15.4. The molecule has 1 saturated heterocycles. The molecule has 2 aliphatic rings. The monoisotopic (exact) mass is 325 g/mol. The molecular weight excluding hydrogens is 302 g/mol. The number of hydrogen-bond acceptors (Lipinski definition) is 4. The summed E-state index contributed by atoms with van der Waals surface area (Å²) in [5.41, 5.74) is 2.97. The molecule has 1 aromatic heterocycles. The van der Waals surface area contributed by atoms with Gasteiger partial charge in [0.25, 0.3) is 5.91 Å². The van der Waals surface area contributed by atoms with E-state index in [2.05, 4.69) is 33.8 Å². The van der Waals surface area contributed by atoms with Crippen LogP contribution in [0.15, 0.2) is 34.9 Å². The zero-order valence-corrected chi connectivity index (χ0v) is 13.8. The minimum Gasteiger partial charge on any atom is -0.448 e. The summed E-state index contributed by atoms with van der Waals surface area (Å²) in [6.45, 7) is 1.96. The molecule has 126 valence electrons. The molecule has 1 unspecified atom stereocenters. The molecule has 2 heterocycles. The number of oxazole rings is 1. The minimum atomic E-state index is -0.138. The Morgan fingerprint density at radius 2 is 2.04 bits per heavy atom. The summed E-state index contributed by atoms with van der Waals surface area (Å²) in [4.78, 5) is 17.0. The highest BCUT2D eigenvalue weighted by atomic mass is 16.3. The van der Waals surface area contributed by atoms with Crippen molar-refractivity contribution in [2.24, 2.45) is 0 Å². The molecule has 2 aromatic rings. The molecule has 24 heavy (non-hydrogen) atoms. The van der Waals surface area contributed by atoms with Gasteiger partial charge in [0.05, 0.1) is 6.04 Å². The lowest BCUT2D eigenvalue weighted by Gasteiger charge is -2.26. The number of hydrogen-bond donors (Lipinski definition) is 2. The van der Waals surface area contributed by atoms with Crippen molar-refractivity contribution in [3.8, 4) is 0 Å². The lowest BCUT2D eigenvalue weighted by molar-refractivity contribution is 0.0927. The first-order chi connectivity index (χ1) is 11.8. The molecule has 1 fully saturated rings. The Bertz CT molecular complexity index is 719. The molecule has 0 bridgehead atoms. The highest BCUT2D eigenvalue weighted by molar-refractivity contribution is 5.92. The van der Waals surface area contributed by atoms with Crippen LogP contribution in [-0.4, -0.2) is 24.0 Å². The second-order valence-corrected chi connectivity index (χ2v) is 6.71. The fraction of sp³-hybridized carbons (Fsp3) is 0.474. The number of nitrogens with zero attached hydrogens (tertiary/aromatic N) is 1. The molecule has 1 aliphatic carbocycles. The van der Waals surface area contributed by atoms with Gasteiger partial charge >= 0.3 is 0 Å². The molecule has 1 aromatic carbocycles. The zero-order chi connectivity index (χ0) is 16.4. The largest absolute Gasteiger partial charge is 0.448 e. The first-order valence-electron chi connectivity index (χ1n) is 8.86. The molecular formula is C19H23N3O2. The van der Waals surface area contributed by atoms with E-state index in [0.717, 1.165) is 45.2 Å². The van der Waals surface area contributed by atoms with Gasteiger partial charge in [0, 0.05) is 5.92 Å². The Balaban J connectivity index is 1.46. The summed E-state index contributed by atoms with van der Waals surface area (Å²) < 4.78 is 5.58. The van der Waals surface area contributed by atoms with Crippen molar-refractivity contribution in [1.29, 1.82) is 0 Å². The van der Waals surface area contributed by atoms with Crippen LogP contribution in [0.1, 0.15) is 65.1 Å². The molecule has 5 heteroatoms. The summed E-state index contributed by atoms with van der Waals surface area (Å²) in [5, 5.41) is 6.46. The lowest BCUT2D eigenvalue weighted by Crippen LogP contribution is -2.31. The summed E-state index contributed by atoms with van der Waals surface area (Å²) in [7, 11) is 0. The Labute approximate surface area is 141 Å². The standard InChI is InChI=1S/C19H23N3O2/c23-18(17-12-24-19(22-17)14-8-10-20-11-9-14)21-16-7-3-5-13-4-1-2-6-15(13)16/h1-2,4,6,12,14,16,20H,3,5,7-11H2,(H,21,23). The topological polar surface area (TPSA) is 67.2 Å². The Morgan fingerprint density at radius 1 is 1.21 bits per heavy atom. The number of amides is 1. The lowest BCUT2D eigenvalue weighted by atomic mass is 9.88. The molecule has 1 aliphatic heterocycles. The van der Waals surface area contributed by atoms with E-state index >= 15 is 0 Å². The van der Waals surface area contributed by atoms with Crippen LogP contribution in [-0.2, 0) is 6.42 Å². The maximum Gasteiger partial charge on any atom is 0.273 e. The number of rotatable bonds is 3. The average molecular weight is 325 g/mol. The third-order valence-corrected chi connectivity index (χ3v) is 5.12. The van der Waals surface area contributed by atoms with Crippen LogP contribution in [0, 0.1) is 0 Å². The van der Waals surface area contributed by atoms with Gasteiger partial charge in [0.2, 0.25) is 0 Å². The molecule has 4 rings (SSSR count). The normalized spacial score (nSPS) is 21.2.